The number of methoxy groups -OCH3 is 1. The maximum atomic E-state index is 13.4. The normalized spacial score (nSPS) is 19.4. The number of ether oxygens (including phenoxy) is 1. The van der Waals surface area contributed by atoms with E-state index < -0.39 is 0 Å². The monoisotopic (exact) mass is 457 g/mol. The first kappa shape index (κ1) is 20.6. The summed E-state index contributed by atoms with van der Waals surface area (Å²) in [6, 6.07) is 17.5. The second-order valence-corrected chi connectivity index (χ2v) is 10.2. The number of nitrogens with zero attached hydrogens (tertiary/aromatic N) is 2. The lowest BCUT2D eigenvalue weighted by Gasteiger charge is -2.27. The van der Waals surface area contributed by atoms with Gasteiger partial charge in [-0.25, -0.2) is 4.98 Å². The van der Waals surface area contributed by atoms with Gasteiger partial charge < -0.3 is 10.1 Å². The average Bonchev–Trinajstić information content (AvgIpc) is 3.42. The van der Waals surface area contributed by atoms with Crippen molar-refractivity contribution in [2.75, 3.05) is 7.11 Å². The van der Waals surface area contributed by atoms with Crippen molar-refractivity contribution in [3.05, 3.63) is 92.3 Å². The van der Waals surface area contributed by atoms with Gasteiger partial charge in [-0.1, -0.05) is 36.4 Å². The number of hydrogen-bond acceptors (Lipinski definition) is 5. The zero-order valence-electron chi connectivity index (χ0n) is 18.7. The first-order valence-corrected chi connectivity index (χ1v) is 12.5. The first-order valence-electron chi connectivity index (χ1n) is 11.7. The fraction of sp³-hybridized carbons (Fsp3) is 0.333. The van der Waals surface area contributed by atoms with E-state index in [9.17, 15) is 4.79 Å². The first-order chi connectivity index (χ1) is 16.2. The molecular weight excluding hydrogens is 430 g/mol. The van der Waals surface area contributed by atoms with Gasteiger partial charge in [-0.05, 0) is 66.5 Å². The summed E-state index contributed by atoms with van der Waals surface area (Å²) in [5.74, 6) is 0.797. The van der Waals surface area contributed by atoms with Crippen LogP contribution in [0, 0.1) is 0 Å². The number of aromatic nitrogens is 2. The van der Waals surface area contributed by atoms with Crippen LogP contribution in [0.25, 0.3) is 10.2 Å². The third-order valence-corrected chi connectivity index (χ3v) is 8.25. The molecule has 6 rings (SSSR count). The van der Waals surface area contributed by atoms with Crippen molar-refractivity contribution >= 4 is 21.6 Å². The predicted molar refractivity (Wildman–Crippen MR) is 132 cm³/mol. The molecule has 5 nitrogen and oxygen atoms in total. The molecule has 2 unspecified atom stereocenters. The van der Waals surface area contributed by atoms with Gasteiger partial charge in [0.15, 0.2) is 0 Å². The van der Waals surface area contributed by atoms with Crippen LogP contribution in [0.15, 0.2) is 59.7 Å². The third-order valence-electron chi connectivity index (χ3n) is 7.09. The molecule has 0 aliphatic heterocycles. The molecule has 0 radical (unpaired) electrons. The highest BCUT2D eigenvalue weighted by Crippen LogP contribution is 2.36. The van der Waals surface area contributed by atoms with E-state index in [1.807, 2.05) is 24.3 Å². The van der Waals surface area contributed by atoms with Crippen molar-refractivity contribution in [3.63, 3.8) is 0 Å². The van der Waals surface area contributed by atoms with Gasteiger partial charge in [0.05, 0.1) is 25.4 Å². The number of rotatable bonds is 5. The van der Waals surface area contributed by atoms with E-state index in [0.717, 1.165) is 47.2 Å². The number of thiophene rings is 1. The maximum absolute atomic E-state index is 13.4. The van der Waals surface area contributed by atoms with Gasteiger partial charge in [0, 0.05) is 17.0 Å². The molecule has 2 aliphatic carbocycles. The topological polar surface area (TPSA) is 56.2 Å². The van der Waals surface area contributed by atoms with Crippen LogP contribution in [-0.2, 0) is 25.8 Å². The molecule has 0 saturated heterocycles. The minimum atomic E-state index is 0.0662. The molecule has 2 aromatic carbocycles. The highest BCUT2D eigenvalue weighted by Gasteiger charge is 2.29. The van der Waals surface area contributed by atoms with Gasteiger partial charge >= 0.3 is 0 Å². The molecule has 0 spiro atoms. The molecule has 0 bridgehead atoms. The van der Waals surface area contributed by atoms with E-state index in [1.165, 1.54) is 28.0 Å². The van der Waals surface area contributed by atoms with Gasteiger partial charge in [-0.3, -0.25) is 9.36 Å². The molecule has 168 valence electrons. The van der Waals surface area contributed by atoms with Crippen LogP contribution in [0.1, 0.15) is 46.0 Å². The van der Waals surface area contributed by atoms with Crippen LogP contribution in [0.4, 0.5) is 0 Å². The summed E-state index contributed by atoms with van der Waals surface area (Å²) in [4.78, 5) is 20.3. The molecule has 4 aromatic rings. The summed E-state index contributed by atoms with van der Waals surface area (Å²) in [6.45, 7) is 0.495. The number of benzene rings is 2. The lowest BCUT2D eigenvalue weighted by Crippen LogP contribution is -2.36. The minimum absolute atomic E-state index is 0.0662. The Balaban J connectivity index is 1.25. The number of aryl methyl sites for hydroxylation is 2. The van der Waals surface area contributed by atoms with Crippen molar-refractivity contribution in [1.82, 2.24) is 14.9 Å². The van der Waals surface area contributed by atoms with Gasteiger partial charge in [-0.2, -0.15) is 0 Å². The zero-order chi connectivity index (χ0) is 22.4. The van der Waals surface area contributed by atoms with Gasteiger partial charge in [0.25, 0.3) is 5.56 Å². The summed E-state index contributed by atoms with van der Waals surface area (Å²) < 4.78 is 7.05. The molecule has 33 heavy (non-hydrogen) atoms. The number of nitrogens with one attached hydrogen (secondary N) is 1. The fourth-order valence-electron chi connectivity index (χ4n) is 5.44. The van der Waals surface area contributed by atoms with Crippen LogP contribution in [0.2, 0.25) is 0 Å². The predicted octanol–water partition coefficient (Wildman–Crippen LogP) is 4.65. The Morgan fingerprint density at radius 1 is 1.15 bits per heavy atom. The Morgan fingerprint density at radius 3 is 2.97 bits per heavy atom. The quantitative estimate of drug-likeness (QED) is 0.474. The van der Waals surface area contributed by atoms with E-state index in [2.05, 4.69) is 34.6 Å². The van der Waals surface area contributed by atoms with Crippen molar-refractivity contribution < 1.29 is 4.74 Å². The Hall–Kier alpha value is -2.96. The largest absolute Gasteiger partial charge is 0.497 e. The van der Waals surface area contributed by atoms with Crippen molar-refractivity contribution in [1.29, 1.82) is 0 Å². The van der Waals surface area contributed by atoms with Gasteiger partial charge in [0.2, 0.25) is 0 Å². The highest BCUT2D eigenvalue weighted by molar-refractivity contribution is 7.18. The molecule has 0 fully saturated rings. The van der Waals surface area contributed by atoms with Crippen LogP contribution >= 0.6 is 11.3 Å². The van der Waals surface area contributed by atoms with E-state index >= 15 is 0 Å². The van der Waals surface area contributed by atoms with Crippen LogP contribution in [0.5, 0.6) is 5.75 Å². The van der Waals surface area contributed by atoms with Crippen molar-refractivity contribution in [2.45, 2.75) is 50.7 Å². The molecule has 1 N–H and O–H groups in total. The third kappa shape index (κ3) is 3.77. The molecule has 0 amide bonds. The lowest BCUT2D eigenvalue weighted by molar-refractivity contribution is 0.400. The van der Waals surface area contributed by atoms with Gasteiger partial charge in [0.1, 0.15) is 10.6 Å². The van der Waals surface area contributed by atoms with Crippen molar-refractivity contribution in [3.8, 4) is 5.75 Å². The molecular formula is C27H27N3O2S. The molecule has 0 saturated carbocycles. The summed E-state index contributed by atoms with van der Waals surface area (Å²) in [7, 11) is 1.66. The molecule has 2 aromatic heterocycles. The Morgan fingerprint density at radius 2 is 2.06 bits per heavy atom. The summed E-state index contributed by atoms with van der Waals surface area (Å²) in [5, 5.41) is 4.74. The summed E-state index contributed by atoms with van der Waals surface area (Å²) in [6.07, 6.45) is 6.99. The highest BCUT2D eigenvalue weighted by atomic mass is 32.1. The molecule has 6 heteroatoms. The van der Waals surface area contributed by atoms with E-state index in [-0.39, 0.29) is 5.56 Å². The summed E-state index contributed by atoms with van der Waals surface area (Å²) in [5.41, 5.74) is 5.26. The molecule has 2 atom stereocenters. The van der Waals surface area contributed by atoms with Gasteiger partial charge in [-0.15, -0.1) is 11.3 Å². The average molecular weight is 458 g/mol. The second-order valence-electron chi connectivity index (χ2n) is 9.11. The fourth-order valence-corrected chi connectivity index (χ4v) is 6.70. The smallest absolute Gasteiger partial charge is 0.262 e. The molecule has 2 heterocycles. The van der Waals surface area contributed by atoms with Crippen LogP contribution < -0.4 is 15.6 Å². The standard InChI is InChI=1S/C27H27N3O2S/c1-32-20-7-4-5-17(13-20)15-30-16-28-26-25(27(30)31)22-11-10-19(14-24(22)33-26)29-23-12-9-18-6-2-3-8-21(18)23/h2-8,13,16,19,23,29H,9-12,14-15H2,1H3. The number of fused-ring (bicyclic) bond motifs is 4. The summed E-state index contributed by atoms with van der Waals surface area (Å²) >= 11 is 1.70. The minimum Gasteiger partial charge on any atom is -0.497 e. The Bertz CT molecular complexity index is 1390. The maximum Gasteiger partial charge on any atom is 0.262 e. The Labute approximate surface area is 197 Å². The van der Waals surface area contributed by atoms with Crippen LogP contribution in [-0.4, -0.2) is 22.7 Å². The van der Waals surface area contributed by atoms with Crippen molar-refractivity contribution in [2.24, 2.45) is 0 Å². The molecule has 2 aliphatic rings. The number of hydrogen-bond donors (Lipinski definition) is 1. The van der Waals surface area contributed by atoms with E-state index in [1.54, 1.807) is 29.3 Å². The second kappa shape index (κ2) is 8.43. The van der Waals surface area contributed by atoms with Crippen LogP contribution in [0.3, 0.4) is 0 Å². The Kier molecular flexibility index (Phi) is 5.27. The SMILES string of the molecule is COc1cccc(Cn2cnc3sc4c(c3c2=O)CCC(NC2CCc3ccccc32)C4)c1. The van der Waals surface area contributed by atoms with E-state index in [0.29, 0.717) is 18.6 Å². The van der Waals surface area contributed by atoms with E-state index in [4.69, 9.17) is 4.74 Å². The zero-order valence-corrected chi connectivity index (χ0v) is 19.5. The lowest BCUT2D eigenvalue weighted by atomic mass is 9.92.